The maximum atomic E-state index is 11.7. The highest BCUT2D eigenvalue weighted by molar-refractivity contribution is 7.99. The van der Waals surface area contributed by atoms with E-state index in [9.17, 15) is 4.79 Å². The van der Waals surface area contributed by atoms with Gasteiger partial charge in [-0.1, -0.05) is 29.4 Å². The van der Waals surface area contributed by atoms with Crippen LogP contribution in [-0.4, -0.2) is 27.3 Å². The third kappa shape index (κ3) is 4.02. The van der Waals surface area contributed by atoms with Crippen molar-refractivity contribution in [3.05, 3.63) is 41.2 Å². The minimum absolute atomic E-state index is 0.00682. The van der Waals surface area contributed by atoms with Gasteiger partial charge in [-0.15, -0.1) is 0 Å². The van der Waals surface area contributed by atoms with E-state index in [0.717, 1.165) is 21.4 Å². The van der Waals surface area contributed by atoms with E-state index in [1.807, 2.05) is 49.7 Å². The van der Waals surface area contributed by atoms with Crippen LogP contribution in [0.4, 0.5) is 0 Å². The van der Waals surface area contributed by atoms with Crippen LogP contribution in [0.2, 0.25) is 5.02 Å². The Bertz CT molecular complexity index is 640. The number of carbonyl (C=O) groups is 1. The molecule has 0 saturated carbocycles. The average molecular weight is 324 g/mol. The fourth-order valence-corrected chi connectivity index (χ4v) is 2.88. The van der Waals surface area contributed by atoms with Gasteiger partial charge in [0.25, 0.3) is 0 Å². The molecule has 0 bridgehead atoms. The number of benzene rings is 1. The Kier molecular flexibility index (Phi) is 5.31. The smallest absolute Gasteiger partial charge is 0.230 e. The molecule has 0 fully saturated rings. The van der Waals surface area contributed by atoms with E-state index in [2.05, 4.69) is 10.3 Å². The minimum Gasteiger partial charge on any atom is -0.353 e. The molecule has 0 aliphatic heterocycles. The molecule has 4 nitrogen and oxygen atoms in total. The van der Waals surface area contributed by atoms with Crippen LogP contribution in [0.5, 0.6) is 0 Å². The molecule has 0 radical (unpaired) electrons. The second kappa shape index (κ2) is 7.00. The molecule has 0 spiro atoms. The van der Waals surface area contributed by atoms with E-state index >= 15 is 0 Å². The Morgan fingerprint density at radius 2 is 2.24 bits per heavy atom. The molecule has 0 aliphatic rings. The summed E-state index contributed by atoms with van der Waals surface area (Å²) in [6.45, 7) is 5.86. The molecular formula is C15H18ClN3OS. The Morgan fingerprint density at radius 1 is 1.48 bits per heavy atom. The van der Waals surface area contributed by atoms with Crippen molar-refractivity contribution in [1.82, 2.24) is 14.9 Å². The zero-order valence-electron chi connectivity index (χ0n) is 12.3. The summed E-state index contributed by atoms with van der Waals surface area (Å²) < 4.78 is 1.95. The molecule has 0 aliphatic carbocycles. The molecule has 2 rings (SSSR count). The molecule has 6 heteroatoms. The summed E-state index contributed by atoms with van der Waals surface area (Å²) in [5.74, 6) is 0.349. The van der Waals surface area contributed by atoms with Crippen molar-refractivity contribution in [2.75, 3.05) is 5.75 Å². The quantitative estimate of drug-likeness (QED) is 0.857. The Labute approximate surface area is 133 Å². The Hall–Kier alpha value is -1.46. The molecule has 1 aromatic heterocycles. The lowest BCUT2D eigenvalue weighted by Gasteiger charge is -2.12. The number of imidazole rings is 1. The van der Waals surface area contributed by atoms with Gasteiger partial charge in [0.15, 0.2) is 5.16 Å². The summed E-state index contributed by atoms with van der Waals surface area (Å²) in [5, 5.41) is 4.36. The number of nitrogens with zero attached hydrogens (tertiary/aromatic N) is 2. The highest BCUT2D eigenvalue weighted by atomic mass is 35.5. The third-order valence-corrected chi connectivity index (χ3v) is 4.26. The average Bonchev–Trinajstić information content (AvgIpc) is 2.87. The van der Waals surface area contributed by atoms with Gasteiger partial charge in [-0.05, 0) is 38.5 Å². The maximum absolute atomic E-state index is 11.7. The standard InChI is InChI=1S/C15H18ClN3OS/c1-10(2)18-14(20)9-21-15-17-7-8-19(15)13-6-4-5-12(16)11(13)3/h4-8,10H,9H2,1-3H3,(H,18,20). The van der Waals surface area contributed by atoms with E-state index < -0.39 is 0 Å². The fourth-order valence-electron chi connectivity index (χ4n) is 1.93. The van der Waals surface area contributed by atoms with E-state index in [1.54, 1.807) is 6.20 Å². The molecule has 1 heterocycles. The van der Waals surface area contributed by atoms with Crippen molar-refractivity contribution in [3.8, 4) is 5.69 Å². The first-order valence-electron chi connectivity index (χ1n) is 6.70. The number of hydrogen-bond donors (Lipinski definition) is 1. The van der Waals surface area contributed by atoms with Gasteiger partial charge >= 0.3 is 0 Å². The lowest BCUT2D eigenvalue weighted by molar-refractivity contribution is -0.119. The molecule has 0 unspecified atom stereocenters. The highest BCUT2D eigenvalue weighted by Crippen LogP contribution is 2.26. The predicted octanol–water partition coefficient (Wildman–Crippen LogP) is 3.45. The number of amides is 1. The van der Waals surface area contributed by atoms with Gasteiger partial charge in [-0.3, -0.25) is 9.36 Å². The summed E-state index contributed by atoms with van der Waals surface area (Å²) in [4.78, 5) is 16.0. The molecule has 1 amide bonds. The number of rotatable bonds is 5. The largest absolute Gasteiger partial charge is 0.353 e. The van der Waals surface area contributed by atoms with Crippen LogP contribution in [0, 0.1) is 6.92 Å². The van der Waals surface area contributed by atoms with Crippen LogP contribution in [0.15, 0.2) is 35.7 Å². The summed E-state index contributed by atoms with van der Waals surface area (Å²) in [6.07, 6.45) is 3.60. The molecule has 2 aromatic rings. The van der Waals surface area contributed by atoms with E-state index in [1.165, 1.54) is 11.8 Å². The zero-order chi connectivity index (χ0) is 15.4. The number of halogens is 1. The van der Waals surface area contributed by atoms with Crippen molar-refractivity contribution in [3.63, 3.8) is 0 Å². The van der Waals surface area contributed by atoms with Gasteiger partial charge in [-0.25, -0.2) is 4.98 Å². The van der Waals surface area contributed by atoms with Crippen molar-refractivity contribution >= 4 is 29.3 Å². The molecular weight excluding hydrogens is 306 g/mol. The Balaban J connectivity index is 2.16. The second-order valence-electron chi connectivity index (χ2n) is 4.97. The zero-order valence-corrected chi connectivity index (χ0v) is 13.8. The highest BCUT2D eigenvalue weighted by Gasteiger charge is 2.12. The molecule has 1 N–H and O–H groups in total. The van der Waals surface area contributed by atoms with Crippen LogP contribution in [0.1, 0.15) is 19.4 Å². The number of aromatic nitrogens is 2. The lowest BCUT2D eigenvalue weighted by Crippen LogP contribution is -2.31. The van der Waals surface area contributed by atoms with Gasteiger partial charge in [0.1, 0.15) is 0 Å². The predicted molar refractivity (Wildman–Crippen MR) is 87.3 cm³/mol. The van der Waals surface area contributed by atoms with Crippen molar-refractivity contribution < 1.29 is 4.79 Å². The molecule has 112 valence electrons. The van der Waals surface area contributed by atoms with Gasteiger partial charge in [-0.2, -0.15) is 0 Å². The van der Waals surface area contributed by atoms with Crippen LogP contribution in [0.25, 0.3) is 5.69 Å². The van der Waals surface area contributed by atoms with Crippen LogP contribution < -0.4 is 5.32 Å². The number of nitrogens with one attached hydrogen (secondary N) is 1. The molecule has 0 atom stereocenters. The first-order valence-corrected chi connectivity index (χ1v) is 8.06. The Morgan fingerprint density at radius 3 is 2.95 bits per heavy atom. The fraction of sp³-hybridized carbons (Fsp3) is 0.333. The van der Waals surface area contributed by atoms with E-state index in [0.29, 0.717) is 5.75 Å². The first-order chi connectivity index (χ1) is 9.99. The minimum atomic E-state index is 0.00682. The second-order valence-corrected chi connectivity index (χ2v) is 6.32. The third-order valence-electron chi connectivity index (χ3n) is 2.89. The summed E-state index contributed by atoms with van der Waals surface area (Å²) in [5.41, 5.74) is 1.97. The summed E-state index contributed by atoms with van der Waals surface area (Å²) in [7, 11) is 0. The maximum Gasteiger partial charge on any atom is 0.230 e. The SMILES string of the molecule is Cc1c(Cl)cccc1-n1ccnc1SCC(=O)NC(C)C. The van der Waals surface area contributed by atoms with Gasteiger partial charge in [0, 0.05) is 23.5 Å². The first kappa shape index (κ1) is 15.9. The summed E-state index contributed by atoms with van der Waals surface area (Å²) in [6, 6.07) is 5.90. The lowest BCUT2D eigenvalue weighted by atomic mass is 10.2. The van der Waals surface area contributed by atoms with Gasteiger partial charge in [0.2, 0.25) is 5.91 Å². The number of thioether (sulfide) groups is 1. The van der Waals surface area contributed by atoms with Crippen LogP contribution in [0.3, 0.4) is 0 Å². The summed E-state index contributed by atoms with van der Waals surface area (Å²) >= 11 is 7.57. The van der Waals surface area contributed by atoms with E-state index in [4.69, 9.17) is 11.6 Å². The topological polar surface area (TPSA) is 46.9 Å². The molecule has 0 saturated heterocycles. The normalized spacial score (nSPS) is 10.9. The number of hydrogen-bond acceptors (Lipinski definition) is 3. The van der Waals surface area contributed by atoms with Crippen LogP contribution >= 0.6 is 23.4 Å². The van der Waals surface area contributed by atoms with Gasteiger partial charge < -0.3 is 5.32 Å². The van der Waals surface area contributed by atoms with E-state index in [-0.39, 0.29) is 11.9 Å². The number of carbonyl (C=O) groups excluding carboxylic acids is 1. The van der Waals surface area contributed by atoms with Crippen molar-refractivity contribution in [2.24, 2.45) is 0 Å². The molecule has 21 heavy (non-hydrogen) atoms. The monoisotopic (exact) mass is 323 g/mol. The van der Waals surface area contributed by atoms with Crippen LogP contribution in [-0.2, 0) is 4.79 Å². The molecule has 1 aromatic carbocycles. The van der Waals surface area contributed by atoms with Gasteiger partial charge in [0.05, 0.1) is 11.4 Å². The van der Waals surface area contributed by atoms with Crippen molar-refractivity contribution in [1.29, 1.82) is 0 Å². The van der Waals surface area contributed by atoms with Crippen molar-refractivity contribution in [2.45, 2.75) is 32.0 Å².